The van der Waals surface area contributed by atoms with E-state index < -0.39 is 0 Å². The normalized spacial score (nSPS) is 12.0. The monoisotopic (exact) mass is 304 g/mol. The number of halogens is 1. The van der Waals surface area contributed by atoms with Crippen molar-refractivity contribution in [3.8, 4) is 11.5 Å². The SMILES string of the molecule is CCc1ccccc1C(Cl)Cc1ccc(OC)c(OC)c1. The molecule has 2 nitrogen and oxygen atoms in total. The molecule has 3 heteroatoms. The van der Waals surface area contributed by atoms with Gasteiger partial charge < -0.3 is 9.47 Å². The minimum Gasteiger partial charge on any atom is -0.493 e. The molecule has 0 spiro atoms. The Morgan fingerprint density at radius 2 is 1.71 bits per heavy atom. The molecule has 0 aromatic heterocycles. The molecule has 0 amide bonds. The van der Waals surface area contributed by atoms with E-state index >= 15 is 0 Å². The van der Waals surface area contributed by atoms with Gasteiger partial charge in [-0.25, -0.2) is 0 Å². The molecule has 2 aromatic rings. The highest BCUT2D eigenvalue weighted by molar-refractivity contribution is 6.21. The van der Waals surface area contributed by atoms with Gasteiger partial charge in [-0.15, -0.1) is 11.6 Å². The summed E-state index contributed by atoms with van der Waals surface area (Å²) in [5, 5.41) is -0.0424. The summed E-state index contributed by atoms with van der Waals surface area (Å²) in [5.74, 6) is 1.48. The molecule has 0 aliphatic heterocycles. The van der Waals surface area contributed by atoms with Gasteiger partial charge in [-0.05, 0) is 41.7 Å². The Hall–Kier alpha value is -1.67. The molecule has 2 rings (SSSR count). The van der Waals surface area contributed by atoms with Crippen molar-refractivity contribution in [3.05, 3.63) is 59.2 Å². The lowest BCUT2D eigenvalue weighted by atomic mass is 9.98. The first-order valence-electron chi connectivity index (χ1n) is 7.12. The van der Waals surface area contributed by atoms with Gasteiger partial charge in [0.2, 0.25) is 0 Å². The van der Waals surface area contributed by atoms with Gasteiger partial charge in [0, 0.05) is 0 Å². The third-order valence-electron chi connectivity index (χ3n) is 3.64. The zero-order valence-corrected chi connectivity index (χ0v) is 13.5. The van der Waals surface area contributed by atoms with Crippen LogP contribution in [0.3, 0.4) is 0 Å². The fourth-order valence-electron chi connectivity index (χ4n) is 2.49. The second kappa shape index (κ2) is 7.37. The highest BCUT2D eigenvalue weighted by atomic mass is 35.5. The highest BCUT2D eigenvalue weighted by Gasteiger charge is 2.13. The van der Waals surface area contributed by atoms with Gasteiger partial charge >= 0.3 is 0 Å². The van der Waals surface area contributed by atoms with Crippen LogP contribution in [0.4, 0.5) is 0 Å². The number of hydrogen-bond donors (Lipinski definition) is 0. The van der Waals surface area contributed by atoms with Crippen molar-refractivity contribution in [2.75, 3.05) is 14.2 Å². The van der Waals surface area contributed by atoms with Crippen LogP contribution >= 0.6 is 11.6 Å². The van der Waals surface area contributed by atoms with Crippen LogP contribution in [-0.2, 0) is 12.8 Å². The average Bonchev–Trinajstić information content (AvgIpc) is 2.54. The lowest BCUT2D eigenvalue weighted by Crippen LogP contribution is -2.01. The Kier molecular flexibility index (Phi) is 5.51. The van der Waals surface area contributed by atoms with Gasteiger partial charge in [0.1, 0.15) is 0 Å². The number of alkyl halides is 1. The molecule has 0 aliphatic carbocycles. The van der Waals surface area contributed by atoms with E-state index in [-0.39, 0.29) is 5.38 Å². The summed E-state index contributed by atoms with van der Waals surface area (Å²) < 4.78 is 10.6. The average molecular weight is 305 g/mol. The first-order chi connectivity index (χ1) is 10.2. The topological polar surface area (TPSA) is 18.5 Å². The quantitative estimate of drug-likeness (QED) is 0.714. The molecule has 0 saturated carbocycles. The molecule has 112 valence electrons. The Morgan fingerprint density at radius 1 is 1.00 bits per heavy atom. The van der Waals surface area contributed by atoms with Crippen molar-refractivity contribution in [3.63, 3.8) is 0 Å². The molecular weight excluding hydrogens is 284 g/mol. The Labute approximate surface area is 131 Å². The van der Waals surface area contributed by atoms with Gasteiger partial charge in [0.15, 0.2) is 11.5 Å². The summed E-state index contributed by atoms with van der Waals surface area (Å²) in [6, 6.07) is 14.3. The number of hydrogen-bond acceptors (Lipinski definition) is 2. The lowest BCUT2D eigenvalue weighted by molar-refractivity contribution is 0.354. The van der Waals surface area contributed by atoms with E-state index in [4.69, 9.17) is 21.1 Å². The van der Waals surface area contributed by atoms with Crippen LogP contribution in [-0.4, -0.2) is 14.2 Å². The van der Waals surface area contributed by atoms with E-state index in [1.807, 2.05) is 24.3 Å². The van der Waals surface area contributed by atoms with Crippen molar-refractivity contribution in [2.45, 2.75) is 25.1 Å². The van der Waals surface area contributed by atoms with Crippen LogP contribution in [0.1, 0.15) is 29.0 Å². The second-order valence-electron chi connectivity index (χ2n) is 4.91. The predicted molar refractivity (Wildman–Crippen MR) is 87.7 cm³/mol. The number of ether oxygens (including phenoxy) is 2. The third-order valence-corrected chi connectivity index (χ3v) is 4.03. The van der Waals surface area contributed by atoms with Crippen LogP contribution in [0, 0.1) is 0 Å². The second-order valence-corrected chi connectivity index (χ2v) is 5.44. The fourth-order valence-corrected chi connectivity index (χ4v) is 2.88. The summed E-state index contributed by atoms with van der Waals surface area (Å²) in [7, 11) is 3.28. The fraction of sp³-hybridized carbons (Fsp3) is 0.333. The van der Waals surface area contributed by atoms with Gasteiger partial charge in [-0.3, -0.25) is 0 Å². The molecular formula is C18H21ClO2. The van der Waals surface area contributed by atoms with Crippen LogP contribution in [0.15, 0.2) is 42.5 Å². The highest BCUT2D eigenvalue weighted by Crippen LogP contribution is 2.32. The molecule has 0 fully saturated rings. The smallest absolute Gasteiger partial charge is 0.160 e. The van der Waals surface area contributed by atoms with E-state index in [2.05, 4.69) is 25.1 Å². The summed E-state index contributed by atoms with van der Waals surface area (Å²) in [5.41, 5.74) is 3.65. The Balaban J connectivity index is 2.21. The molecule has 1 atom stereocenters. The Morgan fingerprint density at radius 3 is 2.38 bits per heavy atom. The summed E-state index contributed by atoms with van der Waals surface area (Å²) in [6.07, 6.45) is 1.75. The molecule has 0 saturated heterocycles. The van der Waals surface area contributed by atoms with Gasteiger partial charge in [-0.1, -0.05) is 37.3 Å². The minimum absolute atomic E-state index is 0.0424. The van der Waals surface area contributed by atoms with E-state index in [1.165, 1.54) is 11.1 Å². The number of rotatable bonds is 6. The van der Waals surface area contributed by atoms with Crippen molar-refractivity contribution >= 4 is 11.6 Å². The van der Waals surface area contributed by atoms with Gasteiger partial charge in [-0.2, -0.15) is 0 Å². The maximum atomic E-state index is 6.62. The van der Waals surface area contributed by atoms with E-state index in [0.29, 0.717) is 0 Å². The Bertz CT molecular complexity index is 596. The minimum atomic E-state index is -0.0424. The number of benzene rings is 2. The van der Waals surface area contributed by atoms with Crippen LogP contribution < -0.4 is 9.47 Å². The zero-order valence-electron chi connectivity index (χ0n) is 12.7. The molecule has 0 heterocycles. The first-order valence-corrected chi connectivity index (χ1v) is 7.56. The molecule has 2 aromatic carbocycles. The molecule has 0 bridgehead atoms. The van der Waals surface area contributed by atoms with Crippen LogP contribution in [0.2, 0.25) is 0 Å². The molecule has 0 aliphatic rings. The molecule has 21 heavy (non-hydrogen) atoms. The van der Waals surface area contributed by atoms with Gasteiger partial charge in [0.25, 0.3) is 0 Å². The van der Waals surface area contributed by atoms with E-state index in [0.717, 1.165) is 29.9 Å². The maximum absolute atomic E-state index is 6.62. The summed E-state index contributed by atoms with van der Waals surface area (Å²) in [4.78, 5) is 0. The van der Waals surface area contributed by atoms with Crippen molar-refractivity contribution in [2.24, 2.45) is 0 Å². The summed E-state index contributed by atoms with van der Waals surface area (Å²) >= 11 is 6.62. The van der Waals surface area contributed by atoms with Gasteiger partial charge in [0.05, 0.1) is 19.6 Å². The standard InChI is InChI=1S/C18H21ClO2/c1-4-14-7-5-6-8-15(14)16(19)11-13-9-10-17(20-2)18(12-13)21-3/h5-10,12,16H,4,11H2,1-3H3. The predicted octanol–water partition coefficient (Wildman–Crippen LogP) is 4.79. The molecule has 0 N–H and O–H groups in total. The maximum Gasteiger partial charge on any atom is 0.160 e. The molecule has 1 unspecified atom stereocenters. The lowest BCUT2D eigenvalue weighted by Gasteiger charge is -2.15. The van der Waals surface area contributed by atoms with Crippen molar-refractivity contribution in [1.82, 2.24) is 0 Å². The third kappa shape index (κ3) is 3.70. The number of aryl methyl sites for hydroxylation is 1. The summed E-state index contributed by atoms with van der Waals surface area (Å²) in [6.45, 7) is 2.15. The van der Waals surface area contributed by atoms with Crippen LogP contribution in [0.25, 0.3) is 0 Å². The van der Waals surface area contributed by atoms with Crippen molar-refractivity contribution < 1.29 is 9.47 Å². The zero-order chi connectivity index (χ0) is 15.2. The van der Waals surface area contributed by atoms with E-state index in [9.17, 15) is 0 Å². The first kappa shape index (κ1) is 15.7. The van der Waals surface area contributed by atoms with Crippen LogP contribution in [0.5, 0.6) is 11.5 Å². The number of methoxy groups -OCH3 is 2. The van der Waals surface area contributed by atoms with E-state index in [1.54, 1.807) is 14.2 Å². The molecule has 0 radical (unpaired) electrons. The van der Waals surface area contributed by atoms with Crippen molar-refractivity contribution in [1.29, 1.82) is 0 Å². The largest absolute Gasteiger partial charge is 0.493 e.